The number of amides is 1. The molecule has 0 saturated heterocycles. The third-order valence-electron chi connectivity index (χ3n) is 3.30. The Morgan fingerprint density at radius 3 is 2.67 bits per heavy atom. The SMILES string of the molecule is Cc1csc(NC(=O)[C@H]2CC(C)C[C@H]2C(=O)O)n1. The van der Waals surface area contributed by atoms with Crippen molar-refractivity contribution < 1.29 is 14.7 Å². The van der Waals surface area contributed by atoms with E-state index in [0.717, 1.165) is 5.69 Å². The van der Waals surface area contributed by atoms with Crippen molar-refractivity contribution in [3.8, 4) is 0 Å². The van der Waals surface area contributed by atoms with Crippen LogP contribution < -0.4 is 5.32 Å². The average Bonchev–Trinajstić information content (AvgIpc) is 2.85. The normalized spacial score (nSPS) is 27.1. The number of nitrogens with one attached hydrogen (secondary N) is 1. The van der Waals surface area contributed by atoms with Crippen LogP contribution in [0.1, 0.15) is 25.5 Å². The molecular weight excluding hydrogens is 252 g/mol. The van der Waals surface area contributed by atoms with E-state index in [9.17, 15) is 9.59 Å². The molecule has 1 aliphatic rings. The summed E-state index contributed by atoms with van der Waals surface area (Å²) in [6, 6.07) is 0. The monoisotopic (exact) mass is 268 g/mol. The van der Waals surface area contributed by atoms with Gasteiger partial charge in [-0.2, -0.15) is 0 Å². The van der Waals surface area contributed by atoms with Crippen molar-refractivity contribution in [2.24, 2.45) is 17.8 Å². The maximum atomic E-state index is 12.1. The van der Waals surface area contributed by atoms with Gasteiger partial charge < -0.3 is 10.4 Å². The highest BCUT2D eigenvalue weighted by molar-refractivity contribution is 7.13. The van der Waals surface area contributed by atoms with Crippen molar-refractivity contribution in [3.05, 3.63) is 11.1 Å². The Hall–Kier alpha value is -1.43. The zero-order valence-electron chi connectivity index (χ0n) is 10.3. The summed E-state index contributed by atoms with van der Waals surface area (Å²) in [5, 5.41) is 14.2. The van der Waals surface area contributed by atoms with Crippen LogP contribution in [0.2, 0.25) is 0 Å². The van der Waals surface area contributed by atoms with Crippen LogP contribution in [0.25, 0.3) is 0 Å². The van der Waals surface area contributed by atoms with Crippen LogP contribution in [0.4, 0.5) is 5.13 Å². The fraction of sp³-hybridized carbons (Fsp3) is 0.583. The second-order valence-corrected chi connectivity index (χ2v) is 5.77. The molecule has 0 aliphatic heterocycles. The number of nitrogens with zero attached hydrogens (tertiary/aromatic N) is 1. The van der Waals surface area contributed by atoms with Crippen LogP contribution in [0.3, 0.4) is 0 Å². The first-order valence-corrected chi connectivity index (χ1v) is 6.81. The highest BCUT2D eigenvalue weighted by Gasteiger charge is 2.41. The summed E-state index contributed by atoms with van der Waals surface area (Å²) in [5.41, 5.74) is 0.852. The number of carbonyl (C=O) groups excluding carboxylic acids is 1. The second-order valence-electron chi connectivity index (χ2n) is 4.91. The minimum Gasteiger partial charge on any atom is -0.481 e. The Kier molecular flexibility index (Phi) is 3.65. The van der Waals surface area contributed by atoms with Crippen LogP contribution in [-0.4, -0.2) is 22.0 Å². The van der Waals surface area contributed by atoms with Crippen molar-refractivity contribution in [2.75, 3.05) is 5.32 Å². The molecule has 0 radical (unpaired) electrons. The molecule has 3 atom stereocenters. The lowest BCUT2D eigenvalue weighted by Gasteiger charge is -2.14. The molecule has 1 aromatic rings. The molecule has 0 bridgehead atoms. The molecule has 98 valence electrons. The van der Waals surface area contributed by atoms with Crippen LogP contribution in [0, 0.1) is 24.7 Å². The van der Waals surface area contributed by atoms with Gasteiger partial charge in [-0.1, -0.05) is 6.92 Å². The third kappa shape index (κ3) is 2.69. The average molecular weight is 268 g/mol. The summed E-state index contributed by atoms with van der Waals surface area (Å²) in [4.78, 5) is 27.4. The third-order valence-corrected chi connectivity index (χ3v) is 4.18. The van der Waals surface area contributed by atoms with Gasteiger partial charge in [-0.15, -0.1) is 11.3 Å². The van der Waals surface area contributed by atoms with Gasteiger partial charge in [0.15, 0.2) is 5.13 Å². The number of hydrogen-bond donors (Lipinski definition) is 2. The number of rotatable bonds is 3. The van der Waals surface area contributed by atoms with Gasteiger partial charge in [-0.25, -0.2) is 4.98 Å². The predicted molar refractivity (Wildman–Crippen MR) is 68.5 cm³/mol. The van der Waals surface area contributed by atoms with E-state index < -0.39 is 17.8 Å². The Bertz CT molecular complexity index is 472. The van der Waals surface area contributed by atoms with Crippen LogP contribution in [0.15, 0.2) is 5.38 Å². The van der Waals surface area contributed by atoms with E-state index in [4.69, 9.17) is 5.11 Å². The number of aryl methyl sites for hydroxylation is 1. The molecule has 0 aromatic carbocycles. The number of hydrogen-bond acceptors (Lipinski definition) is 4. The standard InChI is InChI=1S/C12H16N2O3S/c1-6-3-8(9(4-6)11(16)17)10(15)14-12-13-7(2)5-18-12/h5-6,8-9H,3-4H2,1-2H3,(H,16,17)(H,13,14,15)/t6?,8-,9+/m0/s1. The van der Waals surface area contributed by atoms with E-state index in [1.165, 1.54) is 11.3 Å². The Labute approximate surface area is 109 Å². The van der Waals surface area contributed by atoms with Gasteiger partial charge >= 0.3 is 5.97 Å². The minimum absolute atomic E-state index is 0.221. The summed E-state index contributed by atoms with van der Waals surface area (Å²) < 4.78 is 0. The van der Waals surface area contributed by atoms with Crippen molar-refractivity contribution in [1.82, 2.24) is 4.98 Å². The number of thiazole rings is 1. The summed E-state index contributed by atoms with van der Waals surface area (Å²) in [6.45, 7) is 3.83. The summed E-state index contributed by atoms with van der Waals surface area (Å²) in [5.74, 6) is -1.83. The van der Waals surface area contributed by atoms with Gasteiger partial charge in [-0.05, 0) is 25.7 Å². The fourth-order valence-electron chi connectivity index (χ4n) is 2.46. The molecule has 1 amide bonds. The van der Waals surface area contributed by atoms with Crippen LogP contribution in [-0.2, 0) is 9.59 Å². The smallest absolute Gasteiger partial charge is 0.307 e. The number of aliphatic carboxylic acids is 1. The first kappa shape index (κ1) is 13.0. The maximum Gasteiger partial charge on any atom is 0.307 e. The second kappa shape index (κ2) is 5.06. The first-order valence-electron chi connectivity index (χ1n) is 5.93. The van der Waals surface area contributed by atoms with Crippen molar-refractivity contribution in [1.29, 1.82) is 0 Å². The molecule has 0 spiro atoms. The van der Waals surface area contributed by atoms with E-state index in [2.05, 4.69) is 10.3 Å². The van der Waals surface area contributed by atoms with E-state index in [1.807, 2.05) is 19.2 Å². The molecule has 5 nitrogen and oxygen atoms in total. The molecule has 6 heteroatoms. The van der Waals surface area contributed by atoms with Gasteiger partial charge in [0.2, 0.25) is 5.91 Å². The molecule has 1 fully saturated rings. The van der Waals surface area contributed by atoms with E-state index in [-0.39, 0.29) is 11.8 Å². The highest BCUT2D eigenvalue weighted by Crippen LogP contribution is 2.37. The van der Waals surface area contributed by atoms with Gasteiger partial charge in [0.25, 0.3) is 0 Å². The number of carboxylic acids is 1. The molecule has 18 heavy (non-hydrogen) atoms. The van der Waals surface area contributed by atoms with Gasteiger partial charge in [0.1, 0.15) is 0 Å². The maximum absolute atomic E-state index is 12.1. The van der Waals surface area contributed by atoms with Gasteiger partial charge in [-0.3, -0.25) is 9.59 Å². The Morgan fingerprint density at radius 2 is 2.11 bits per heavy atom. The zero-order valence-corrected chi connectivity index (χ0v) is 11.2. The lowest BCUT2D eigenvalue weighted by molar-refractivity contribution is -0.145. The fourth-order valence-corrected chi connectivity index (χ4v) is 3.16. The topological polar surface area (TPSA) is 79.3 Å². The quantitative estimate of drug-likeness (QED) is 0.880. The molecule has 2 N–H and O–H groups in total. The van der Waals surface area contributed by atoms with Crippen molar-refractivity contribution >= 4 is 28.3 Å². The van der Waals surface area contributed by atoms with Crippen molar-refractivity contribution in [3.63, 3.8) is 0 Å². The minimum atomic E-state index is -0.880. The lowest BCUT2D eigenvalue weighted by atomic mass is 9.95. The first-order chi connectivity index (χ1) is 8.47. The van der Waals surface area contributed by atoms with E-state index in [1.54, 1.807) is 0 Å². The number of carboxylic acid groups (broad SMARTS) is 1. The summed E-state index contributed by atoms with van der Waals surface area (Å²) in [7, 11) is 0. The predicted octanol–water partition coefficient (Wildman–Crippen LogP) is 2.14. The Balaban J connectivity index is 2.06. The zero-order chi connectivity index (χ0) is 13.3. The molecule has 1 aliphatic carbocycles. The molecule has 1 heterocycles. The van der Waals surface area contributed by atoms with Crippen LogP contribution >= 0.6 is 11.3 Å². The van der Waals surface area contributed by atoms with E-state index in [0.29, 0.717) is 18.0 Å². The van der Waals surface area contributed by atoms with Gasteiger partial charge in [0.05, 0.1) is 17.5 Å². The number of aromatic nitrogens is 1. The highest BCUT2D eigenvalue weighted by atomic mass is 32.1. The molecule has 1 saturated carbocycles. The van der Waals surface area contributed by atoms with Crippen LogP contribution in [0.5, 0.6) is 0 Å². The molecule has 2 rings (SSSR count). The summed E-state index contributed by atoms with van der Waals surface area (Å²) >= 11 is 1.36. The largest absolute Gasteiger partial charge is 0.481 e. The number of carbonyl (C=O) groups is 2. The van der Waals surface area contributed by atoms with E-state index >= 15 is 0 Å². The lowest BCUT2D eigenvalue weighted by Crippen LogP contribution is -2.29. The molecule has 1 unspecified atom stereocenters. The molecular formula is C12H16N2O3S. The Morgan fingerprint density at radius 1 is 1.44 bits per heavy atom. The van der Waals surface area contributed by atoms with Crippen molar-refractivity contribution in [2.45, 2.75) is 26.7 Å². The van der Waals surface area contributed by atoms with Gasteiger partial charge in [0, 0.05) is 5.38 Å². The number of anilines is 1. The molecule has 1 aromatic heterocycles. The summed E-state index contributed by atoms with van der Waals surface area (Å²) in [6.07, 6.45) is 1.21.